The predicted molar refractivity (Wildman–Crippen MR) is 121 cm³/mol. The molecule has 0 fully saturated rings. The number of furan rings is 1. The molecule has 2 aromatic carbocycles. The van der Waals surface area contributed by atoms with E-state index in [0.29, 0.717) is 34.9 Å². The lowest BCUT2D eigenvalue weighted by Gasteiger charge is -2.20. The van der Waals surface area contributed by atoms with Crippen LogP contribution in [-0.2, 0) is 10.0 Å². The number of benzene rings is 2. The van der Waals surface area contributed by atoms with Gasteiger partial charge in [-0.1, -0.05) is 18.2 Å². The molecule has 1 N–H and O–H groups in total. The second-order valence-electron chi connectivity index (χ2n) is 7.25. The van der Waals surface area contributed by atoms with Crippen LogP contribution < -0.4 is 9.46 Å². The van der Waals surface area contributed by atoms with Gasteiger partial charge in [0.25, 0.3) is 5.91 Å². The fourth-order valence-electron chi connectivity index (χ4n) is 3.45. The number of carbonyl (C=O) groups excluding carboxylic acids is 1. The highest BCUT2D eigenvalue weighted by Gasteiger charge is 2.35. The molecule has 0 aliphatic carbocycles. The maximum absolute atomic E-state index is 13.3. The fourth-order valence-corrected chi connectivity index (χ4v) is 4.08. The molecule has 9 heteroatoms. The van der Waals surface area contributed by atoms with Gasteiger partial charge in [0.05, 0.1) is 24.8 Å². The Balaban J connectivity index is 1.64. The Hall–Kier alpha value is -3.59. The molecule has 8 nitrogen and oxygen atoms in total. The number of nitrogens with one attached hydrogen (secondary N) is 1. The molecule has 1 atom stereocenters. The van der Waals surface area contributed by atoms with E-state index < -0.39 is 16.1 Å². The molecule has 1 aromatic heterocycles. The summed E-state index contributed by atoms with van der Waals surface area (Å²) < 4.78 is 36.9. The molecule has 2 heterocycles. The van der Waals surface area contributed by atoms with Crippen molar-refractivity contribution < 1.29 is 22.4 Å². The van der Waals surface area contributed by atoms with Crippen LogP contribution >= 0.6 is 0 Å². The number of hydrogen-bond acceptors (Lipinski definition) is 6. The van der Waals surface area contributed by atoms with E-state index in [2.05, 4.69) is 9.82 Å². The summed E-state index contributed by atoms with van der Waals surface area (Å²) >= 11 is 0. The van der Waals surface area contributed by atoms with E-state index in [4.69, 9.17) is 9.15 Å². The maximum atomic E-state index is 13.3. The monoisotopic (exact) mass is 453 g/mol. The molecule has 3 aromatic rings. The Bertz CT molecular complexity index is 1230. The second-order valence-corrected chi connectivity index (χ2v) is 9.26. The molecule has 0 saturated carbocycles. The number of amides is 1. The quantitative estimate of drug-likeness (QED) is 0.582. The first kappa shape index (κ1) is 21.6. The third kappa shape index (κ3) is 4.52. The predicted octanol–water partition coefficient (Wildman–Crippen LogP) is 4.04. The molecule has 166 valence electrons. The van der Waals surface area contributed by atoms with Crippen LogP contribution in [0, 0.1) is 0 Å². The van der Waals surface area contributed by atoms with E-state index in [9.17, 15) is 13.2 Å². The SMILES string of the molecule is CCS(=O)(=O)Nc1ccc(C2=NN(C(=O)c3cccc(OC)c3)C(c3ccco3)C2)cc1. The molecule has 0 saturated heterocycles. The van der Waals surface area contributed by atoms with Crippen LogP contribution in [0.5, 0.6) is 5.75 Å². The Morgan fingerprint density at radius 3 is 2.62 bits per heavy atom. The third-order valence-electron chi connectivity index (χ3n) is 5.18. The minimum atomic E-state index is -3.36. The number of carbonyl (C=O) groups is 1. The van der Waals surface area contributed by atoms with Crippen LogP contribution in [-0.4, -0.2) is 37.9 Å². The van der Waals surface area contributed by atoms with E-state index in [1.807, 2.05) is 6.07 Å². The number of anilines is 1. The van der Waals surface area contributed by atoms with Gasteiger partial charge < -0.3 is 9.15 Å². The molecule has 32 heavy (non-hydrogen) atoms. The standard InChI is InChI=1S/C23H23N3O5S/c1-3-32(28,29)25-18-11-9-16(10-12-18)20-15-21(22-8-5-13-31-22)26(24-20)23(27)17-6-4-7-19(14-17)30-2/h4-14,21,25H,3,15H2,1-2H3. The average molecular weight is 454 g/mol. The fraction of sp³-hybridized carbons (Fsp3) is 0.217. The van der Waals surface area contributed by atoms with Crippen molar-refractivity contribution in [1.29, 1.82) is 0 Å². The van der Waals surface area contributed by atoms with Crippen molar-refractivity contribution in [1.82, 2.24) is 5.01 Å². The first-order valence-corrected chi connectivity index (χ1v) is 11.7. The lowest BCUT2D eigenvalue weighted by molar-refractivity contribution is 0.0692. The number of ether oxygens (including phenoxy) is 1. The van der Waals surface area contributed by atoms with Crippen molar-refractivity contribution in [2.45, 2.75) is 19.4 Å². The Labute approximate surface area is 186 Å². The molecular formula is C23H23N3O5S. The van der Waals surface area contributed by atoms with Crippen LogP contribution in [0.2, 0.25) is 0 Å². The van der Waals surface area contributed by atoms with Crippen molar-refractivity contribution in [3.05, 3.63) is 83.8 Å². The molecule has 0 bridgehead atoms. The summed E-state index contributed by atoms with van der Waals surface area (Å²) in [6.07, 6.45) is 2.03. The number of hydrazone groups is 1. The van der Waals surface area contributed by atoms with E-state index >= 15 is 0 Å². The first-order valence-electron chi connectivity index (χ1n) is 10.1. The molecule has 1 aliphatic heterocycles. The van der Waals surface area contributed by atoms with Gasteiger partial charge in [0.1, 0.15) is 17.6 Å². The van der Waals surface area contributed by atoms with Gasteiger partial charge in [-0.05, 0) is 55.0 Å². The van der Waals surface area contributed by atoms with Gasteiger partial charge in [0.2, 0.25) is 10.0 Å². The van der Waals surface area contributed by atoms with Crippen LogP contribution in [0.4, 0.5) is 5.69 Å². The lowest BCUT2D eigenvalue weighted by atomic mass is 10.0. The van der Waals surface area contributed by atoms with Gasteiger partial charge in [0.15, 0.2) is 0 Å². The number of methoxy groups -OCH3 is 1. The number of sulfonamides is 1. The Morgan fingerprint density at radius 2 is 1.97 bits per heavy atom. The van der Waals surface area contributed by atoms with Crippen LogP contribution in [0.1, 0.15) is 41.1 Å². The van der Waals surface area contributed by atoms with Crippen LogP contribution in [0.3, 0.4) is 0 Å². The van der Waals surface area contributed by atoms with Crippen molar-refractivity contribution in [3.8, 4) is 5.75 Å². The average Bonchev–Trinajstić information content (AvgIpc) is 3.49. The third-order valence-corrected chi connectivity index (χ3v) is 6.49. The zero-order valence-corrected chi connectivity index (χ0v) is 18.5. The minimum absolute atomic E-state index is 0.00632. The molecule has 0 radical (unpaired) electrons. The van der Waals surface area contributed by atoms with Gasteiger partial charge >= 0.3 is 0 Å². The smallest absolute Gasteiger partial charge is 0.274 e. The maximum Gasteiger partial charge on any atom is 0.274 e. The van der Waals surface area contributed by atoms with E-state index in [0.717, 1.165) is 5.56 Å². The number of hydrogen-bond donors (Lipinski definition) is 1. The largest absolute Gasteiger partial charge is 0.497 e. The van der Waals surface area contributed by atoms with Gasteiger partial charge in [-0.25, -0.2) is 13.4 Å². The van der Waals surface area contributed by atoms with Gasteiger partial charge in [-0.2, -0.15) is 5.10 Å². The molecule has 0 spiro atoms. The van der Waals surface area contributed by atoms with Crippen molar-refractivity contribution >= 4 is 27.3 Å². The Morgan fingerprint density at radius 1 is 1.19 bits per heavy atom. The minimum Gasteiger partial charge on any atom is -0.497 e. The molecule has 1 amide bonds. The zero-order chi connectivity index (χ0) is 22.7. The summed E-state index contributed by atoms with van der Waals surface area (Å²) in [4.78, 5) is 13.3. The summed E-state index contributed by atoms with van der Waals surface area (Å²) in [5, 5.41) is 6.04. The number of rotatable bonds is 7. The van der Waals surface area contributed by atoms with E-state index in [1.54, 1.807) is 74.9 Å². The van der Waals surface area contributed by atoms with E-state index in [1.165, 1.54) is 5.01 Å². The Kier molecular flexibility index (Phi) is 6.00. The number of nitrogens with zero attached hydrogens (tertiary/aromatic N) is 2. The lowest BCUT2D eigenvalue weighted by Crippen LogP contribution is -2.26. The highest BCUT2D eigenvalue weighted by molar-refractivity contribution is 7.92. The molecular weight excluding hydrogens is 430 g/mol. The highest BCUT2D eigenvalue weighted by atomic mass is 32.2. The van der Waals surface area contributed by atoms with Gasteiger partial charge in [0, 0.05) is 17.7 Å². The van der Waals surface area contributed by atoms with Gasteiger partial charge in [-0.15, -0.1) is 0 Å². The zero-order valence-electron chi connectivity index (χ0n) is 17.7. The summed E-state index contributed by atoms with van der Waals surface area (Å²) in [5.74, 6) is 0.937. The van der Waals surface area contributed by atoms with E-state index in [-0.39, 0.29) is 11.7 Å². The second kappa shape index (κ2) is 8.88. The summed E-state index contributed by atoms with van der Waals surface area (Å²) in [6.45, 7) is 1.58. The van der Waals surface area contributed by atoms with Crippen LogP contribution in [0.25, 0.3) is 0 Å². The van der Waals surface area contributed by atoms with Crippen molar-refractivity contribution in [2.24, 2.45) is 5.10 Å². The van der Waals surface area contributed by atoms with Crippen molar-refractivity contribution in [2.75, 3.05) is 17.6 Å². The molecule has 4 rings (SSSR count). The van der Waals surface area contributed by atoms with Gasteiger partial charge in [-0.3, -0.25) is 9.52 Å². The molecule has 1 aliphatic rings. The topological polar surface area (TPSA) is 101 Å². The van der Waals surface area contributed by atoms with Crippen molar-refractivity contribution in [3.63, 3.8) is 0 Å². The first-order chi connectivity index (χ1) is 15.4. The highest BCUT2D eigenvalue weighted by Crippen LogP contribution is 2.34. The summed E-state index contributed by atoms with van der Waals surface area (Å²) in [5.41, 5.74) is 2.42. The summed E-state index contributed by atoms with van der Waals surface area (Å²) in [6, 6.07) is 17.0. The summed E-state index contributed by atoms with van der Waals surface area (Å²) in [7, 11) is -1.81. The van der Waals surface area contributed by atoms with Crippen LogP contribution in [0.15, 0.2) is 76.4 Å². The normalized spacial score (nSPS) is 16.0. The molecule has 1 unspecified atom stereocenters.